The molecule has 1 unspecified atom stereocenters. The molecular weight excluding hydrogens is 244 g/mol. The van der Waals surface area contributed by atoms with E-state index in [1.165, 1.54) is 18.5 Å². The lowest BCUT2D eigenvalue weighted by Gasteiger charge is -2.26. The molecule has 1 aliphatic rings. The van der Waals surface area contributed by atoms with E-state index in [0.717, 1.165) is 31.6 Å². The number of rotatable bonds is 7. The Hall–Kier alpha value is -0.480. The number of hydrogen-bond donors (Lipinski definition) is 1. The molecule has 1 rings (SSSR count). The summed E-state index contributed by atoms with van der Waals surface area (Å²) in [5.41, 5.74) is 6.93. The smallest absolute Gasteiger partial charge is 0.236 e. The molecule has 0 fully saturated rings. The maximum Gasteiger partial charge on any atom is 0.236 e. The van der Waals surface area contributed by atoms with Crippen LogP contribution in [-0.4, -0.2) is 34.9 Å². The Morgan fingerprint density at radius 2 is 2.33 bits per heavy atom. The highest BCUT2D eigenvalue weighted by molar-refractivity contribution is 7.99. The molecule has 0 aromatic carbocycles. The summed E-state index contributed by atoms with van der Waals surface area (Å²) in [5.74, 6) is 1.80. The fourth-order valence-electron chi connectivity index (χ4n) is 2.11. The first-order chi connectivity index (χ1) is 8.65. The van der Waals surface area contributed by atoms with Crippen molar-refractivity contribution in [3.05, 3.63) is 11.8 Å². The Kier molecular flexibility index (Phi) is 7.44. The Labute approximate surface area is 115 Å². The summed E-state index contributed by atoms with van der Waals surface area (Å²) in [6.45, 7) is 4.85. The average Bonchev–Trinajstić information content (AvgIpc) is 2.36. The quantitative estimate of drug-likeness (QED) is 0.724. The van der Waals surface area contributed by atoms with Gasteiger partial charge >= 0.3 is 0 Å². The van der Waals surface area contributed by atoms with E-state index in [-0.39, 0.29) is 11.9 Å². The molecule has 0 heterocycles. The number of nitrogens with two attached hydrogens (primary N) is 1. The Balaban J connectivity index is 2.35. The second-order valence-corrected chi connectivity index (χ2v) is 6.00. The Morgan fingerprint density at radius 3 is 2.89 bits per heavy atom. The van der Waals surface area contributed by atoms with Crippen LogP contribution in [0, 0.1) is 0 Å². The van der Waals surface area contributed by atoms with Gasteiger partial charge in [0.05, 0.1) is 5.75 Å². The number of allylic oxidation sites excluding steroid dienone is 2. The van der Waals surface area contributed by atoms with E-state index >= 15 is 0 Å². The predicted molar refractivity (Wildman–Crippen MR) is 79.5 cm³/mol. The van der Waals surface area contributed by atoms with Crippen molar-refractivity contribution in [2.75, 3.05) is 18.1 Å². The van der Waals surface area contributed by atoms with Gasteiger partial charge in [-0.25, -0.2) is 0 Å². The van der Waals surface area contributed by atoms with Crippen LogP contribution in [0.4, 0.5) is 0 Å². The lowest BCUT2D eigenvalue weighted by atomic mass is 10.0. The van der Waals surface area contributed by atoms with Gasteiger partial charge in [0.2, 0.25) is 5.91 Å². The van der Waals surface area contributed by atoms with Crippen LogP contribution in [0.1, 0.15) is 46.0 Å². The zero-order valence-corrected chi connectivity index (χ0v) is 12.5. The van der Waals surface area contributed by atoms with Gasteiger partial charge in [0.25, 0.3) is 0 Å². The number of carbonyl (C=O) groups is 1. The van der Waals surface area contributed by atoms with Crippen LogP contribution in [0.25, 0.3) is 0 Å². The van der Waals surface area contributed by atoms with Crippen LogP contribution < -0.4 is 5.73 Å². The molecular formula is C14H26N2OS. The van der Waals surface area contributed by atoms with Crippen molar-refractivity contribution in [2.24, 2.45) is 5.73 Å². The van der Waals surface area contributed by atoms with Crippen molar-refractivity contribution >= 4 is 17.7 Å². The SMILES string of the molecule is CCN(C(=O)CSCCC(C)N)C1=CCCCC1. The first kappa shape index (κ1) is 15.6. The van der Waals surface area contributed by atoms with Crippen LogP contribution in [-0.2, 0) is 4.79 Å². The van der Waals surface area contributed by atoms with Gasteiger partial charge in [0, 0.05) is 18.3 Å². The fourth-order valence-corrected chi connectivity index (χ4v) is 3.13. The van der Waals surface area contributed by atoms with E-state index in [9.17, 15) is 4.79 Å². The van der Waals surface area contributed by atoms with Crippen LogP contribution >= 0.6 is 11.8 Å². The minimum absolute atomic E-state index is 0.232. The van der Waals surface area contributed by atoms with Crippen LogP contribution in [0.3, 0.4) is 0 Å². The second-order valence-electron chi connectivity index (χ2n) is 4.90. The Bertz CT molecular complexity index is 290. The van der Waals surface area contributed by atoms with Crippen molar-refractivity contribution in [3.8, 4) is 0 Å². The van der Waals surface area contributed by atoms with E-state index in [2.05, 4.69) is 13.0 Å². The number of hydrogen-bond acceptors (Lipinski definition) is 3. The van der Waals surface area contributed by atoms with E-state index < -0.39 is 0 Å². The van der Waals surface area contributed by atoms with Gasteiger partial charge in [-0.3, -0.25) is 4.79 Å². The summed E-state index contributed by atoms with van der Waals surface area (Å²) in [5, 5.41) is 0. The molecule has 2 N–H and O–H groups in total. The standard InChI is InChI=1S/C14H26N2OS/c1-3-16(13-7-5-4-6-8-13)14(17)11-18-10-9-12(2)15/h7,12H,3-6,8-11,15H2,1-2H3. The second kappa shape index (κ2) is 8.59. The highest BCUT2D eigenvalue weighted by Crippen LogP contribution is 2.21. The first-order valence-corrected chi connectivity index (χ1v) is 8.13. The highest BCUT2D eigenvalue weighted by Gasteiger charge is 2.17. The van der Waals surface area contributed by atoms with Gasteiger partial charge < -0.3 is 10.6 Å². The summed E-state index contributed by atoms with van der Waals surface area (Å²) < 4.78 is 0. The molecule has 18 heavy (non-hydrogen) atoms. The van der Waals surface area contributed by atoms with E-state index in [0.29, 0.717) is 5.75 Å². The molecule has 0 aliphatic heterocycles. The topological polar surface area (TPSA) is 46.3 Å². The molecule has 104 valence electrons. The minimum atomic E-state index is 0.232. The summed E-state index contributed by atoms with van der Waals surface area (Å²) in [4.78, 5) is 14.1. The monoisotopic (exact) mass is 270 g/mol. The van der Waals surface area contributed by atoms with Crippen LogP contribution in [0.2, 0.25) is 0 Å². The van der Waals surface area contributed by atoms with Gasteiger partial charge in [0.1, 0.15) is 0 Å². The van der Waals surface area contributed by atoms with Crippen molar-refractivity contribution in [2.45, 2.75) is 52.0 Å². The molecule has 0 saturated heterocycles. The van der Waals surface area contributed by atoms with Gasteiger partial charge in [-0.05, 0) is 51.7 Å². The highest BCUT2D eigenvalue weighted by atomic mass is 32.2. The number of thioether (sulfide) groups is 1. The molecule has 4 heteroatoms. The molecule has 0 radical (unpaired) electrons. The first-order valence-electron chi connectivity index (χ1n) is 6.97. The molecule has 0 spiro atoms. The molecule has 0 bridgehead atoms. The molecule has 0 aromatic heterocycles. The van der Waals surface area contributed by atoms with Gasteiger partial charge in [-0.1, -0.05) is 6.08 Å². The maximum atomic E-state index is 12.2. The van der Waals surface area contributed by atoms with Gasteiger partial charge in [0.15, 0.2) is 0 Å². The molecule has 3 nitrogen and oxygen atoms in total. The number of amides is 1. The predicted octanol–water partition coefficient (Wildman–Crippen LogP) is 2.76. The zero-order valence-electron chi connectivity index (χ0n) is 11.7. The number of carbonyl (C=O) groups excluding carboxylic acids is 1. The lowest BCUT2D eigenvalue weighted by molar-refractivity contribution is -0.126. The molecule has 1 aliphatic carbocycles. The normalized spacial score (nSPS) is 17.2. The van der Waals surface area contributed by atoms with Crippen LogP contribution in [0.5, 0.6) is 0 Å². The molecule has 1 atom stereocenters. The summed E-state index contributed by atoms with van der Waals surface area (Å²) in [6.07, 6.45) is 7.87. The largest absolute Gasteiger partial charge is 0.328 e. The minimum Gasteiger partial charge on any atom is -0.328 e. The number of nitrogens with zero attached hydrogens (tertiary/aromatic N) is 1. The zero-order chi connectivity index (χ0) is 13.4. The Morgan fingerprint density at radius 1 is 1.56 bits per heavy atom. The van der Waals surface area contributed by atoms with Crippen molar-refractivity contribution in [1.29, 1.82) is 0 Å². The maximum absolute atomic E-state index is 12.2. The average molecular weight is 270 g/mol. The van der Waals surface area contributed by atoms with Crippen molar-refractivity contribution in [3.63, 3.8) is 0 Å². The third-order valence-electron chi connectivity index (χ3n) is 3.17. The van der Waals surface area contributed by atoms with Gasteiger partial charge in [-0.15, -0.1) is 0 Å². The van der Waals surface area contributed by atoms with Gasteiger partial charge in [-0.2, -0.15) is 11.8 Å². The lowest BCUT2D eigenvalue weighted by Crippen LogP contribution is -2.32. The third kappa shape index (κ3) is 5.44. The summed E-state index contributed by atoms with van der Waals surface area (Å²) in [6, 6.07) is 0.232. The molecule has 0 aromatic rings. The third-order valence-corrected chi connectivity index (χ3v) is 4.15. The molecule has 1 amide bonds. The summed E-state index contributed by atoms with van der Waals surface area (Å²) >= 11 is 1.70. The molecule has 0 saturated carbocycles. The van der Waals surface area contributed by atoms with E-state index in [1.807, 2.05) is 11.8 Å². The fraction of sp³-hybridized carbons (Fsp3) is 0.786. The van der Waals surface area contributed by atoms with Crippen molar-refractivity contribution in [1.82, 2.24) is 4.90 Å². The van der Waals surface area contributed by atoms with Crippen LogP contribution in [0.15, 0.2) is 11.8 Å². The van der Waals surface area contributed by atoms with E-state index in [1.54, 1.807) is 11.8 Å². The summed E-state index contributed by atoms with van der Waals surface area (Å²) in [7, 11) is 0. The van der Waals surface area contributed by atoms with Crippen molar-refractivity contribution < 1.29 is 4.79 Å². The van der Waals surface area contributed by atoms with E-state index in [4.69, 9.17) is 5.73 Å².